The number of rotatable bonds is 1. The molecular weight excluding hydrogens is 180 g/mol. The van der Waals surface area contributed by atoms with Crippen molar-refractivity contribution < 1.29 is 9.53 Å². The van der Waals surface area contributed by atoms with Gasteiger partial charge in [-0.2, -0.15) is 0 Å². The van der Waals surface area contributed by atoms with Crippen LogP contribution in [-0.4, -0.2) is 43.2 Å². The molecule has 0 spiro atoms. The molecule has 0 bridgehead atoms. The van der Waals surface area contributed by atoms with E-state index in [0.717, 1.165) is 39.0 Å². The summed E-state index contributed by atoms with van der Waals surface area (Å²) in [6.45, 7) is 2.94. The summed E-state index contributed by atoms with van der Waals surface area (Å²) in [6.07, 6.45) is 2.97. The molecule has 2 saturated heterocycles. The molecule has 0 aromatic heterocycles. The predicted octanol–water partition coefficient (Wildman–Crippen LogP) is -0.0274. The average molecular weight is 198 g/mol. The Bertz CT molecular complexity index is 214. The molecule has 14 heavy (non-hydrogen) atoms. The molecule has 1 amide bonds. The van der Waals surface area contributed by atoms with Crippen molar-refractivity contribution >= 4 is 5.91 Å². The first kappa shape index (κ1) is 9.93. The Labute approximate surface area is 84.4 Å². The lowest BCUT2D eigenvalue weighted by molar-refractivity contribution is -0.136. The van der Waals surface area contributed by atoms with Crippen LogP contribution in [-0.2, 0) is 9.53 Å². The van der Waals surface area contributed by atoms with Crippen molar-refractivity contribution in [1.29, 1.82) is 0 Å². The topological polar surface area (TPSA) is 55.6 Å². The zero-order valence-corrected chi connectivity index (χ0v) is 8.45. The number of nitrogens with zero attached hydrogens (tertiary/aromatic N) is 1. The summed E-state index contributed by atoms with van der Waals surface area (Å²) in [5, 5.41) is 0. The quantitative estimate of drug-likeness (QED) is 0.644. The minimum Gasteiger partial charge on any atom is -0.381 e. The van der Waals surface area contributed by atoms with E-state index >= 15 is 0 Å². The Hall–Kier alpha value is -0.610. The van der Waals surface area contributed by atoms with Crippen molar-refractivity contribution in [1.82, 2.24) is 4.90 Å². The molecule has 2 heterocycles. The van der Waals surface area contributed by atoms with Crippen LogP contribution in [0.5, 0.6) is 0 Å². The van der Waals surface area contributed by atoms with E-state index in [1.807, 2.05) is 4.90 Å². The largest absolute Gasteiger partial charge is 0.381 e. The fourth-order valence-corrected chi connectivity index (χ4v) is 2.20. The summed E-state index contributed by atoms with van der Waals surface area (Å²) in [6, 6.07) is 0.176. The first-order chi connectivity index (χ1) is 6.77. The van der Waals surface area contributed by atoms with E-state index in [2.05, 4.69) is 0 Å². The van der Waals surface area contributed by atoms with Crippen LogP contribution in [0.15, 0.2) is 0 Å². The van der Waals surface area contributed by atoms with Crippen molar-refractivity contribution in [3.8, 4) is 0 Å². The third kappa shape index (κ3) is 2.07. The lowest BCUT2D eigenvalue weighted by Crippen LogP contribution is -2.47. The highest BCUT2D eigenvalue weighted by molar-refractivity contribution is 5.79. The highest BCUT2D eigenvalue weighted by Crippen LogP contribution is 2.18. The average Bonchev–Trinajstić information content (AvgIpc) is 2.69. The third-order valence-corrected chi connectivity index (χ3v) is 3.05. The molecule has 0 saturated carbocycles. The van der Waals surface area contributed by atoms with Crippen molar-refractivity contribution in [3.63, 3.8) is 0 Å². The second-order valence-electron chi connectivity index (χ2n) is 4.25. The van der Waals surface area contributed by atoms with Gasteiger partial charge in [-0.15, -0.1) is 0 Å². The first-order valence-corrected chi connectivity index (χ1v) is 5.39. The minimum atomic E-state index is 0.0975. The maximum atomic E-state index is 11.9. The third-order valence-electron chi connectivity index (χ3n) is 3.05. The summed E-state index contributed by atoms with van der Waals surface area (Å²) in [5.74, 6) is 0.345. The van der Waals surface area contributed by atoms with Gasteiger partial charge in [0.05, 0.1) is 12.5 Å². The van der Waals surface area contributed by atoms with E-state index in [-0.39, 0.29) is 17.9 Å². The highest BCUT2D eigenvalue weighted by Gasteiger charge is 2.30. The molecule has 0 radical (unpaired) electrons. The molecular formula is C10H18N2O2. The molecule has 4 heteroatoms. The molecule has 2 fully saturated rings. The smallest absolute Gasteiger partial charge is 0.228 e. The SMILES string of the molecule is NC1CCCN(C(=O)C2CCOC2)C1. The molecule has 2 N–H and O–H groups in total. The minimum absolute atomic E-state index is 0.0975. The van der Waals surface area contributed by atoms with E-state index in [4.69, 9.17) is 10.5 Å². The number of ether oxygens (including phenoxy) is 1. The zero-order valence-electron chi connectivity index (χ0n) is 8.45. The summed E-state index contributed by atoms with van der Waals surface area (Å²) < 4.78 is 5.22. The van der Waals surface area contributed by atoms with Crippen LogP contribution in [0.1, 0.15) is 19.3 Å². The summed E-state index contributed by atoms with van der Waals surface area (Å²) in [5.41, 5.74) is 5.84. The number of likely N-dealkylation sites (tertiary alicyclic amines) is 1. The van der Waals surface area contributed by atoms with Crippen LogP contribution in [0.25, 0.3) is 0 Å². The maximum Gasteiger partial charge on any atom is 0.228 e. The van der Waals surface area contributed by atoms with Gasteiger partial charge in [0.1, 0.15) is 0 Å². The van der Waals surface area contributed by atoms with Crippen molar-refractivity contribution in [2.45, 2.75) is 25.3 Å². The molecule has 80 valence electrons. The zero-order chi connectivity index (χ0) is 9.97. The van der Waals surface area contributed by atoms with Crippen LogP contribution >= 0.6 is 0 Å². The summed E-state index contributed by atoms with van der Waals surface area (Å²) >= 11 is 0. The van der Waals surface area contributed by atoms with Gasteiger partial charge in [-0.25, -0.2) is 0 Å². The summed E-state index contributed by atoms with van der Waals surface area (Å²) in [7, 11) is 0. The Morgan fingerprint density at radius 3 is 2.93 bits per heavy atom. The van der Waals surface area contributed by atoms with Crippen molar-refractivity contribution in [3.05, 3.63) is 0 Å². The van der Waals surface area contributed by atoms with Gasteiger partial charge in [0.2, 0.25) is 5.91 Å². The molecule has 0 aromatic rings. The number of amides is 1. The van der Waals surface area contributed by atoms with Gasteiger partial charge in [0, 0.05) is 25.7 Å². The number of nitrogens with two attached hydrogens (primary N) is 1. The van der Waals surface area contributed by atoms with E-state index in [1.54, 1.807) is 0 Å². The number of carbonyl (C=O) groups is 1. The molecule has 2 atom stereocenters. The van der Waals surface area contributed by atoms with Crippen LogP contribution in [0.3, 0.4) is 0 Å². The first-order valence-electron chi connectivity index (χ1n) is 5.39. The van der Waals surface area contributed by atoms with E-state index in [9.17, 15) is 4.79 Å². The Balaban J connectivity index is 1.89. The van der Waals surface area contributed by atoms with Gasteiger partial charge in [-0.3, -0.25) is 4.79 Å². The van der Waals surface area contributed by atoms with Crippen molar-refractivity contribution in [2.75, 3.05) is 26.3 Å². The monoisotopic (exact) mass is 198 g/mol. The van der Waals surface area contributed by atoms with Gasteiger partial charge in [-0.05, 0) is 19.3 Å². The van der Waals surface area contributed by atoms with Gasteiger partial charge >= 0.3 is 0 Å². The Morgan fingerprint density at radius 2 is 2.29 bits per heavy atom. The highest BCUT2D eigenvalue weighted by atomic mass is 16.5. The number of carbonyl (C=O) groups excluding carboxylic acids is 1. The maximum absolute atomic E-state index is 11.9. The van der Waals surface area contributed by atoms with E-state index in [0.29, 0.717) is 6.61 Å². The standard InChI is InChI=1S/C10H18N2O2/c11-9-2-1-4-12(6-9)10(13)8-3-5-14-7-8/h8-9H,1-7,11H2. The Kier molecular flexibility index (Phi) is 3.03. The number of piperidine rings is 1. The van der Waals surface area contributed by atoms with Gasteiger partial charge in [0.25, 0.3) is 0 Å². The molecule has 2 aliphatic rings. The molecule has 0 aromatic carbocycles. The van der Waals surface area contributed by atoms with E-state index in [1.165, 1.54) is 0 Å². The molecule has 0 aliphatic carbocycles. The fraction of sp³-hybridized carbons (Fsp3) is 0.900. The van der Waals surface area contributed by atoms with Crippen LogP contribution in [0.4, 0.5) is 0 Å². The lowest BCUT2D eigenvalue weighted by Gasteiger charge is -2.32. The Morgan fingerprint density at radius 1 is 1.43 bits per heavy atom. The fourth-order valence-electron chi connectivity index (χ4n) is 2.20. The van der Waals surface area contributed by atoms with Crippen LogP contribution in [0, 0.1) is 5.92 Å². The summed E-state index contributed by atoms with van der Waals surface area (Å²) in [4.78, 5) is 13.8. The molecule has 2 aliphatic heterocycles. The van der Waals surface area contributed by atoms with Gasteiger partial charge in [-0.1, -0.05) is 0 Å². The molecule has 4 nitrogen and oxygen atoms in total. The van der Waals surface area contributed by atoms with Crippen LogP contribution < -0.4 is 5.73 Å². The second-order valence-corrected chi connectivity index (χ2v) is 4.25. The van der Waals surface area contributed by atoms with Gasteiger partial charge < -0.3 is 15.4 Å². The predicted molar refractivity (Wildman–Crippen MR) is 52.7 cm³/mol. The molecule has 2 rings (SSSR count). The van der Waals surface area contributed by atoms with Crippen molar-refractivity contribution in [2.24, 2.45) is 11.7 Å². The number of hydrogen-bond donors (Lipinski definition) is 1. The normalized spacial score (nSPS) is 33.4. The number of hydrogen-bond acceptors (Lipinski definition) is 3. The lowest BCUT2D eigenvalue weighted by atomic mass is 10.0. The molecule has 2 unspecified atom stereocenters. The second kappa shape index (κ2) is 4.28. The van der Waals surface area contributed by atoms with Crippen LogP contribution in [0.2, 0.25) is 0 Å². The van der Waals surface area contributed by atoms with E-state index < -0.39 is 0 Å². The van der Waals surface area contributed by atoms with Gasteiger partial charge in [0.15, 0.2) is 0 Å².